The molecule has 4 rings (SSSR count). The highest BCUT2D eigenvalue weighted by atomic mass is 35.5. The maximum absolute atomic E-state index is 13.2. The molecule has 10 heteroatoms. The molecule has 3 aromatic rings. The Bertz CT molecular complexity index is 1200. The van der Waals surface area contributed by atoms with Crippen molar-refractivity contribution >= 4 is 23.3 Å². The maximum Gasteiger partial charge on any atom is 0.340 e. The molecule has 1 saturated carbocycles. The summed E-state index contributed by atoms with van der Waals surface area (Å²) < 4.78 is 30.5. The van der Waals surface area contributed by atoms with E-state index in [-0.39, 0.29) is 34.8 Å². The van der Waals surface area contributed by atoms with Gasteiger partial charge in [-0.25, -0.2) is 14.2 Å². The Morgan fingerprint density at radius 1 is 1.24 bits per heavy atom. The quantitative estimate of drug-likeness (QED) is 0.227. The summed E-state index contributed by atoms with van der Waals surface area (Å²) in [5.41, 5.74) is 1.04. The van der Waals surface area contributed by atoms with Gasteiger partial charge in [-0.1, -0.05) is 11.6 Å². The zero-order chi connectivity index (χ0) is 24.2. The smallest absolute Gasteiger partial charge is 0.340 e. The van der Waals surface area contributed by atoms with Crippen molar-refractivity contribution in [3.05, 3.63) is 80.4 Å². The molecule has 2 unspecified atom stereocenters. The van der Waals surface area contributed by atoms with Gasteiger partial charge >= 0.3 is 5.97 Å². The van der Waals surface area contributed by atoms with E-state index in [0.29, 0.717) is 35.7 Å². The van der Waals surface area contributed by atoms with E-state index in [4.69, 9.17) is 25.5 Å². The predicted molar refractivity (Wildman–Crippen MR) is 121 cm³/mol. The monoisotopic (exact) mass is 488 g/mol. The van der Waals surface area contributed by atoms with E-state index in [2.05, 4.69) is 4.98 Å². The number of carbonyl (C=O) groups excluding carboxylic acids is 1. The normalized spacial score (nSPS) is 18.0. The standard InChI is InChI=1S/C24H22ClFN2O6/c1-14-22(27-23(33-14)15-5-7-16(26)8-6-15)13-32-18-3-2-4-19(12-18)34-24(29)20-11-17(28(30)31)9-10-21(20)25/h5-11,18-19H,2-4,12-13H2,1H3. The first-order valence-electron chi connectivity index (χ1n) is 10.8. The van der Waals surface area contributed by atoms with Gasteiger partial charge in [0.2, 0.25) is 5.89 Å². The van der Waals surface area contributed by atoms with Gasteiger partial charge in [-0.2, -0.15) is 0 Å². The van der Waals surface area contributed by atoms with E-state index < -0.39 is 17.0 Å². The number of nitrogens with zero attached hydrogens (tertiary/aromatic N) is 2. The molecule has 178 valence electrons. The molecule has 8 nitrogen and oxygen atoms in total. The minimum absolute atomic E-state index is 0.0366. The lowest BCUT2D eigenvalue weighted by molar-refractivity contribution is -0.384. The number of benzene rings is 2. The number of nitro groups is 1. The topological polar surface area (TPSA) is 105 Å². The van der Waals surface area contributed by atoms with Crippen molar-refractivity contribution in [3.63, 3.8) is 0 Å². The summed E-state index contributed by atoms with van der Waals surface area (Å²) in [6.07, 6.45) is 2.19. The fraction of sp³-hybridized carbons (Fsp3) is 0.333. The molecule has 2 atom stereocenters. The average molecular weight is 489 g/mol. The number of aromatic nitrogens is 1. The van der Waals surface area contributed by atoms with Crippen LogP contribution in [0.1, 0.15) is 47.5 Å². The average Bonchev–Trinajstić information content (AvgIpc) is 3.19. The number of ether oxygens (including phenoxy) is 2. The molecule has 1 aromatic heterocycles. The summed E-state index contributed by atoms with van der Waals surface area (Å²) in [5, 5.41) is 11.1. The van der Waals surface area contributed by atoms with Crippen LogP contribution in [0.5, 0.6) is 0 Å². The van der Waals surface area contributed by atoms with E-state index in [1.165, 1.54) is 24.3 Å². The number of nitro benzene ring substituents is 1. The number of aryl methyl sites for hydroxylation is 1. The fourth-order valence-corrected chi connectivity index (χ4v) is 4.03. The highest BCUT2D eigenvalue weighted by Gasteiger charge is 2.28. The first-order valence-corrected chi connectivity index (χ1v) is 11.2. The molecule has 1 heterocycles. The van der Waals surface area contributed by atoms with Crippen LogP contribution in [-0.4, -0.2) is 28.1 Å². The molecular formula is C24H22ClFN2O6. The lowest BCUT2D eigenvalue weighted by atomic mass is 9.94. The zero-order valence-corrected chi connectivity index (χ0v) is 19.1. The van der Waals surface area contributed by atoms with E-state index >= 15 is 0 Å². The molecule has 1 aliphatic rings. The third-order valence-electron chi connectivity index (χ3n) is 5.67. The number of oxazole rings is 1. The highest BCUT2D eigenvalue weighted by molar-refractivity contribution is 6.33. The van der Waals surface area contributed by atoms with Gasteiger partial charge < -0.3 is 13.9 Å². The van der Waals surface area contributed by atoms with Crippen molar-refractivity contribution in [2.24, 2.45) is 0 Å². The van der Waals surface area contributed by atoms with Crippen molar-refractivity contribution in [1.82, 2.24) is 4.98 Å². The fourth-order valence-electron chi connectivity index (χ4n) is 3.83. The SMILES string of the molecule is Cc1oc(-c2ccc(F)cc2)nc1COC1CCCC(OC(=O)c2cc([N+](=O)[O-])ccc2Cl)C1. The van der Waals surface area contributed by atoms with Gasteiger partial charge in [0.05, 0.1) is 28.2 Å². The Morgan fingerprint density at radius 2 is 1.97 bits per heavy atom. The number of esters is 1. The number of hydrogen-bond acceptors (Lipinski definition) is 7. The molecule has 0 spiro atoms. The lowest BCUT2D eigenvalue weighted by Crippen LogP contribution is -2.30. The summed E-state index contributed by atoms with van der Waals surface area (Å²) in [7, 11) is 0. The Morgan fingerprint density at radius 3 is 2.71 bits per heavy atom. The summed E-state index contributed by atoms with van der Waals surface area (Å²) in [5.74, 6) is -0.0367. The van der Waals surface area contributed by atoms with Gasteiger partial charge in [-0.15, -0.1) is 0 Å². The van der Waals surface area contributed by atoms with Crippen LogP contribution >= 0.6 is 11.6 Å². The van der Waals surface area contributed by atoms with Gasteiger partial charge in [0.15, 0.2) is 0 Å². The largest absolute Gasteiger partial charge is 0.459 e. The van der Waals surface area contributed by atoms with Gasteiger partial charge in [-0.05, 0) is 56.5 Å². The maximum atomic E-state index is 13.2. The predicted octanol–water partition coefficient (Wildman–Crippen LogP) is 6.04. The first-order chi connectivity index (χ1) is 16.3. The van der Waals surface area contributed by atoms with E-state index in [1.54, 1.807) is 19.1 Å². The molecule has 1 aliphatic carbocycles. The van der Waals surface area contributed by atoms with Gasteiger partial charge in [0.25, 0.3) is 5.69 Å². The number of non-ortho nitro benzene ring substituents is 1. The number of hydrogen-bond donors (Lipinski definition) is 0. The molecule has 0 saturated heterocycles. The summed E-state index contributed by atoms with van der Waals surface area (Å²) >= 11 is 6.05. The second-order valence-corrected chi connectivity index (χ2v) is 8.48. The van der Waals surface area contributed by atoms with Crippen molar-refractivity contribution in [2.75, 3.05) is 0 Å². The summed E-state index contributed by atoms with van der Waals surface area (Å²) in [4.78, 5) is 27.4. The van der Waals surface area contributed by atoms with Gasteiger partial charge in [0, 0.05) is 24.1 Å². The van der Waals surface area contributed by atoms with Crippen LogP contribution in [0.2, 0.25) is 5.02 Å². The number of halogens is 2. The van der Waals surface area contributed by atoms with Crippen molar-refractivity contribution in [2.45, 2.75) is 51.4 Å². The van der Waals surface area contributed by atoms with Crippen molar-refractivity contribution < 1.29 is 28.0 Å². The van der Waals surface area contributed by atoms with Crippen LogP contribution in [0.15, 0.2) is 46.9 Å². The van der Waals surface area contributed by atoms with E-state index in [0.717, 1.165) is 18.9 Å². The third kappa shape index (κ3) is 5.60. The molecule has 34 heavy (non-hydrogen) atoms. The van der Waals surface area contributed by atoms with Gasteiger partial charge in [0.1, 0.15) is 23.4 Å². The van der Waals surface area contributed by atoms with E-state index in [1.807, 2.05) is 0 Å². The summed E-state index contributed by atoms with van der Waals surface area (Å²) in [6, 6.07) is 9.54. The van der Waals surface area contributed by atoms with Crippen molar-refractivity contribution in [1.29, 1.82) is 0 Å². The first kappa shape index (κ1) is 23.8. The number of rotatable bonds is 7. The van der Waals surface area contributed by atoms with Crippen LogP contribution in [0.4, 0.5) is 10.1 Å². The zero-order valence-electron chi connectivity index (χ0n) is 18.3. The summed E-state index contributed by atoms with van der Waals surface area (Å²) in [6.45, 7) is 2.01. The van der Waals surface area contributed by atoms with Crippen molar-refractivity contribution in [3.8, 4) is 11.5 Å². The minimum atomic E-state index is -0.698. The lowest BCUT2D eigenvalue weighted by Gasteiger charge is -2.28. The molecule has 0 bridgehead atoms. The Balaban J connectivity index is 1.35. The Labute approximate surface area is 199 Å². The van der Waals surface area contributed by atoms with E-state index in [9.17, 15) is 19.3 Å². The van der Waals surface area contributed by atoms with Crippen LogP contribution < -0.4 is 0 Å². The minimum Gasteiger partial charge on any atom is -0.459 e. The van der Waals surface area contributed by atoms with Crippen LogP contribution in [-0.2, 0) is 16.1 Å². The number of carbonyl (C=O) groups is 1. The molecule has 1 fully saturated rings. The van der Waals surface area contributed by atoms with Crippen LogP contribution in [0, 0.1) is 22.9 Å². The van der Waals surface area contributed by atoms with Crippen LogP contribution in [0.3, 0.4) is 0 Å². The highest BCUT2D eigenvalue weighted by Crippen LogP contribution is 2.29. The molecule has 2 aromatic carbocycles. The molecular weight excluding hydrogens is 467 g/mol. The molecule has 0 N–H and O–H groups in total. The molecule has 0 amide bonds. The Kier molecular flexibility index (Phi) is 7.23. The molecule has 0 aliphatic heterocycles. The van der Waals surface area contributed by atoms with Crippen LogP contribution in [0.25, 0.3) is 11.5 Å². The second kappa shape index (κ2) is 10.3. The van der Waals surface area contributed by atoms with Gasteiger partial charge in [-0.3, -0.25) is 10.1 Å². The Hall–Kier alpha value is -3.30. The third-order valence-corrected chi connectivity index (χ3v) is 6.00. The molecule has 0 radical (unpaired) electrons. The second-order valence-electron chi connectivity index (χ2n) is 8.08.